The van der Waals surface area contributed by atoms with Gasteiger partial charge in [-0.2, -0.15) is 0 Å². The largest absolute Gasteiger partial charge is 0.311 e. The number of rotatable bonds is 7. The second-order valence-electron chi connectivity index (χ2n) is 4.25. The Bertz CT molecular complexity index is 127. The van der Waals surface area contributed by atoms with Gasteiger partial charge in [0.15, 0.2) is 0 Å². The van der Waals surface area contributed by atoms with Crippen LogP contribution in [-0.4, -0.2) is 18.0 Å². The number of hydrogen-bond acceptors (Lipinski definition) is 1. The number of nitrogens with one attached hydrogen (secondary N) is 1. The molecule has 0 aliphatic heterocycles. The van der Waals surface area contributed by atoms with E-state index in [1.165, 1.54) is 6.42 Å². The summed E-state index contributed by atoms with van der Waals surface area (Å²) in [6, 6.07) is 0. The number of halogens is 1. The van der Waals surface area contributed by atoms with E-state index in [9.17, 15) is 0 Å². The third-order valence-electron chi connectivity index (χ3n) is 3.00. The Morgan fingerprint density at radius 3 is 2.38 bits per heavy atom. The molecule has 0 amide bonds. The van der Waals surface area contributed by atoms with Crippen LogP contribution in [0.25, 0.3) is 0 Å². The lowest BCUT2D eigenvalue weighted by atomic mass is 9.94. The zero-order chi connectivity index (χ0) is 10.3. The Morgan fingerprint density at radius 2 is 2.00 bits per heavy atom. The van der Waals surface area contributed by atoms with Crippen LogP contribution in [0.15, 0.2) is 0 Å². The highest BCUT2D eigenvalue weighted by Crippen LogP contribution is 2.15. The first-order chi connectivity index (χ1) is 6.08. The maximum atomic E-state index is 5.77. The first-order valence-corrected chi connectivity index (χ1v) is 5.92. The summed E-state index contributed by atoms with van der Waals surface area (Å²) in [7, 11) is 0. The van der Waals surface area contributed by atoms with E-state index in [1.54, 1.807) is 0 Å². The molecule has 1 N–H and O–H groups in total. The highest BCUT2D eigenvalue weighted by molar-refractivity contribution is 6.17. The van der Waals surface area contributed by atoms with E-state index in [1.807, 2.05) is 0 Å². The van der Waals surface area contributed by atoms with E-state index in [4.69, 9.17) is 11.6 Å². The third kappa shape index (κ3) is 5.53. The molecular formula is C11H24ClN. The summed E-state index contributed by atoms with van der Waals surface area (Å²) in [5.74, 6) is 1.51. The molecule has 0 aromatic heterocycles. The van der Waals surface area contributed by atoms with Crippen molar-refractivity contribution in [2.24, 2.45) is 5.92 Å². The number of alkyl halides is 1. The second-order valence-corrected chi connectivity index (χ2v) is 4.63. The van der Waals surface area contributed by atoms with Gasteiger partial charge in [-0.3, -0.25) is 0 Å². The fourth-order valence-corrected chi connectivity index (χ4v) is 1.58. The Hall–Kier alpha value is 0.250. The van der Waals surface area contributed by atoms with Crippen molar-refractivity contribution in [2.45, 2.75) is 52.5 Å². The topological polar surface area (TPSA) is 12.0 Å². The predicted molar refractivity (Wildman–Crippen MR) is 61.5 cm³/mol. The van der Waals surface area contributed by atoms with Crippen molar-refractivity contribution in [1.82, 2.24) is 5.32 Å². The normalized spacial score (nSPS) is 18.2. The average molecular weight is 206 g/mol. The summed E-state index contributed by atoms with van der Waals surface area (Å²) in [6.45, 7) is 10.1. The smallest absolute Gasteiger partial charge is 0.0240 e. The van der Waals surface area contributed by atoms with E-state index in [-0.39, 0.29) is 5.54 Å². The monoisotopic (exact) mass is 205 g/mol. The fraction of sp³-hybridized carbons (Fsp3) is 1.00. The first-order valence-electron chi connectivity index (χ1n) is 5.39. The second kappa shape index (κ2) is 6.67. The molecule has 0 aromatic rings. The lowest BCUT2D eigenvalue weighted by molar-refractivity contribution is 0.308. The minimum Gasteiger partial charge on any atom is -0.311 e. The van der Waals surface area contributed by atoms with Crippen LogP contribution < -0.4 is 5.32 Å². The van der Waals surface area contributed by atoms with Crippen LogP contribution >= 0.6 is 11.6 Å². The van der Waals surface area contributed by atoms with E-state index < -0.39 is 0 Å². The lowest BCUT2D eigenvalue weighted by Crippen LogP contribution is -2.44. The summed E-state index contributed by atoms with van der Waals surface area (Å²) >= 11 is 5.77. The van der Waals surface area contributed by atoms with Crippen LogP contribution in [0.2, 0.25) is 0 Å². The molecular weight excluding hydrogens is 182 g/mol. The maximum absolute atomic E-state index is 5.77. The van der Waals surface area contributed by atoms with Gasteiger partial charge in [0.25, 0.3) is 0 Å². The van der Waals surface area contributed by atoms with Gasteiger partial charge in [-0.1, -0.05) is 27.2 Å². The highest BCUT2D eigenvalue weighted by atomic mass is 35.5. The quantitative estimate of drug-likeness (QED) is 0.629. The van der Waals surface area contributed by atoms with Crippen molar-refractivity contribution in [2.75, 3.05) is 12.4 Å². The van der Waals surface area contributed by atoms with Crippen molar-refractivity contribution in [1.29, 1.82) is 0 Å². The molecule has 0 spiro atoms. The Balaban J connectivity index is 3.82. The molecule has 1 nitrogen and oxygen atoms in total. The van der Waals surface area contributed by atoms with Crippen LogP contribution in [0.1, 0.15) is 47.0 Å². The van der Waals surface area contributed by atoms with Gasteiger partial charge in [0, 0.05) is 11.4 Å². The molecule has 0 rings (SSSR count). The Kier molecular flexibility index (Phi) is 6.79. The molecule has 0 aliphatic carbocycles. The zero-order valence-corrected chi connectivity index (χ0v) is 10.2. The standard InChI is InChI=1S/C11H24ClN/c1-5-10(3)9-13-11(4,6-2)7-8-12/h10,13H,5-9H2,1-4H3. The van der Waals surface area contributed by atoms with Gasteiger partial charge in [0.2, 0.25) is 0 Å². The Labute approximate surface area is 88.2 Å². The molecule has 0 aliphatic rings. The molecule has 0 aromatic carbocycles. The minimum atomic E-state index is 0.241. The summed E-state index contributed by atoms with van der Waals surface area (Å²) in [5, 5.41) is 3.61. The van der Waals surface area contributed by atoms with E-state index in [0.29, 0.717) is 0 Å². The van der Waals surface area contributed by atoms with Crippen molar-refractivity contribution >= 4 is 11.6 Å². The van der Waals surface area contributed by atoms with Gasteiger partial charge < -0.3 is 5.32 Å². The van der Waals surface area contributed by atoms with Gasteiger partial charge in [-0.05, 0) is 32.2 Å². The van der Waals surface area contributed by atoms with Crippen molar-refractivity contribution < 1.29 is 0 Å². The van der Waals surface area contributed by atoms with Crippen molar-refractivity contribution in [3.05, 3.63) is 0 Å². The predicted octanol–water partition coefficient (Wildman–Crippen LogP) is 3.42. The van der Waals surface area contributed by atoms with E-state index >= 15 is 0 Å². The van der Waals surface area contributed by atoms with E-state index in [2.05, 4.69) is 33.0 Å². The van der Waals surface area contributed by atoms with Gasteiger partial charge in [-0.25, -0.2) is 0 Å². The summed E-state index contributed by atoms with van der Waals surface area (Å²) in [6.07, 6.45) is 3.45. The maximum Gasteiger partial charge on any atom is 0.0240 e. The molecule has 2 unspecified atom stereocenters. The number of hydrogen-bond donors (Lipinski definition) is 1. The van der Waals surface area contributed by atoms with Crippen LogP contribution in [0.4, 0.5) is 0 Å². The molecule has 0 saturated heterocycles. The molecule has 0 saturated carbocycles. The molecule has 80 valence electrons. The average Bonchev–Trinajstić information content (AvgIpc) is 2.15. The molecule has 0 fully saturated rings. The summed E-state index contributed by atoms with van der Waals surface area (Å²) in [4.78, 5) is 0. The van der Waals surface area contributed by atoms with Crippen molar-refractivity contribution in [3.63, 3.8) is 0 Å². The van der Waals surface area contributed by atoms with Gasteiger partial charge in [0.05, 0.1) is 0 Å². The van der Waals surface area contributed by atoms with Gasteiger partial charge in [-0.15, -0.1) is 11.6 Å². The lowest BCUT2D eigenvalue weighted by Gasteiger charge is -2.30. The van der Waals surface area contributed by atoms with Crippen LogP contribution in [0.5, 0.6) is 0 Å². The van der Waals surface area contributed by atoms with Crippen LogP contribution in [0.3, 0.4) is 0 Å². The molecule has 2 heteroatoms. The third-order valence-corrected chi connectivity index (χ3v) is 3.19. The molecule has 13 heavy (non-hydrogen) atoms. The van der Waals surface area contributed by atoms with Crippen LogP contribution in [-0.2, 0) is 0 Å². The Morgan fingerprint density at radius 1 is 1.38 bits per heavy atom. The zero-order valence-electron chi connectivity index (χ0n) is 9.49. The van der Waals surface area contributed by atoms with E-state index in [0.717, 1.165) is 31.2 Å². The first kappa shape index (κ1) is 13.2. The van der Waals surface area contributed by atoms with Crippen molar-refractivity contribution in [3.8, 4) is 0 Å². The molecule has 2 atom stereocenters. The van der Waals surface area contributed by atoms with Gasteiger partial charge >= 0.3 is 0 Å². The highest BCUT2D eigenvalue weighted by Gasteiger charge is 2.20. The SMILES string of the molecule is CCC(C)CNC(C)(CC)CCCl. The molecule has 0 radical (unpaired) electrons. The van der Waals surface area contributed by atoms with Crippen LogP contribution in [0, 0.1) is 5.92 Å². The summed E-state index contributed by atoms with van der Waals surface area (Å²) in [5.41, 5.74) is 0.241. The molecule has 0 heterocycles. The van der Waals surface area contributed by atoms with Gasteiger partial charge in [0.1, 0.15) is 0 Å². The minimum absolute atomic E-state index is 0.241. The fourth-order valence-electron chi connectivity index (χ4n) is 1.16. The molecule has 0 bridgehead atoms. The summed E-state index contributed by atoms with van der Waals surface area (Å²) < 4.78 is 0.